The van der Waals surface area contributed by atoms with Gasteiger partial charge < -0.3 is 4.90 Å². The van der Waals surface area contributed by atoms with E-state index in [4.69, 9.17) is 23.2 Å². The minimum absolute atomic E-state index is 0.127. The van der Waals surface area contributed by atoms with Crippen molar-refractivity contribution in [3.8, 4) is 0 Å². The second-order valence-corrected chi connectivity index (χ2v) is 8.44. The molecule has 1 aromatic carbocycles. The monoisotopic (exact) mass is 385 g/mol. The molecule has 0 unspecified atom stereocenters. The van der Waals surface area contributed by atoms with Crippen LogP contribution in [-0.2, 0) is 10.0 Å². The Hall–Kier alpha value is -1.34. The molecular formula is C16H17Cl2N3O2S. The quantitative estimate of drug-likeness (QED) is 0.813. The molecule has 0 N–H and O–H groups in total. The van der Waals surface area contributed by atoms with Crippen molar-refractivity contribution in [1.82, 2.24) is 9.29 Å². The third-order valence-electron chi connectivity index (χ3n) is 3.91. The number of anilines is 1. The predicted molar refractivity (Wildman–Crippen MR) is 96.4 cm³/mol. The molecule has 2 aromatic rings. The molecule has 24 heavy (non-hydrogen) atoms. The predicted octanol–water partition coefficient (Wildman–Crippen LogP) is 3.21. The van der Waals surface area contributed by atoms with Gasteiger partial charge in [0, 0.05) is 41.9 Å². The van der Waals surface area contributed by atoms with Crippen LogP contribution in [0.25, 0.3) is 0 Å². The van der Waals surface area contributed by atoms with Crippen molar-refractivity contribution in [1.29, 1.82) is 0 Å². The Morgan fingerprint density at radius 1 is 1.00 bits per heavy atom. The lowest BCUT2D eigenvalue weighted by molar-refractivity contribution is 0.384. The summed E-state index contributed by atoms with van der Waals surface area (Å²) < 4.78 is 27.0. The number of aryl methyl sites for hydroxylation is 1. The van der Waals surface area contributed by atoms with E-state index in [9.17, 15) is 8.42 Å². The first-order valence-corrected chi connectivity index (χ1v) is 9.71. The third kappa shape index (κ3) is 3.67. The molecule has 0 spiro atoms. The van der Waals surface area contributed by atoms with Gasteiger partial charge in [-0.2, -0.15) is 4.31 Å². The van der Waals surface area contributed by atoms with Gasteiger partial charge in [-0.15, -0.1) is 0 Å². The van der Waals surface area contributed by atoms with Gasteiger partial charge in [0.2, 0.25) is 10.0 Å². The van der Waals surface area contributed by atoms with Crippen LogP contribution in [0.2, 0.25) is 10.0 Å². The molecule has 0 saturated carbocycles. The topological polar surface area (TPSA) is 53.5 Å². The van der Waals surface area contributed by atoms with Gasteiger partial charge >= 0.3 is 0 Å². The van der Waals surface area contributed by atoms with Gasteiger partial charge in [-0.3, -0.25) is 0 Å². The first-order valence-electron chi connectivity index (χ1n) is 7.51. The molecule has 0 amide bonds. The number of benzene rings is 1. The number of piperazine rings is 1. The SMILES string of the molecule is Cc1cccc(N2CCN(S(=O)(=O)c3cc(Cl)cc(Cl)c3)CC2)n1. The Labute approximate surface area is 151 Å². The van der Waals surface area contributed by atoms with E-state index in [1.807, 2.05) is 25.1 Å². The number of sulfonamides is 1. The summed E-state index contributed by atoms with van der Waals surface area (Å²) in [5, 5.41) is 0.618. The zero-order chi connectivity index (χ0) is 17.3. The summed E-state index contributed by atoms with van der Waals surface area (Å²) in [4.78, 5) is 6.70. The number of nitrogens with zero attached hydrogens (tertiary/aromatic N) is 3. The maximum atomic E-state index is 12.8. The van der Waals surface area contributed by atoms with Crippen molar-refractivity contribution in [2.24, 2.45) is 0 Å². The summed E-state index contributed by atoms with van der Waals surface area (Å²) in [6.07, 6.45) is 0. The second kappa shape index (κ2) is 6.88. The molecule has 1 saturated heterocycles. The highest BCUT2D eigenvalue weighted by Crippen LogP contribution is 2.26. The normalized spacial score (nSPS) is 16.4. The van der Waals surface area contributed by atoms with Gasteiger partial charge in [-0.25, -0.2) is 13.4 Å². The van der Waals surface area contributed by atoms with E-state index in [1.54, 1.807) is 0 Å². The van der Waals surface area contributed by atoms with Gasteiger partial charge in [0.25, 0.3) is 0 Å². The van der Waals surface area contributed by atoms with Crippen LogP contribution in [0.15, 0.2) is 41.3 Å². The van der Waals surface area contributed by atoms with Crippen molar-refractivity contribution < 1.29 is 8.42 Å². The molecule has 0 radical (unpaired) electrons. The molecule has 1 fully saturated rings. The van der Waals surface area contributed by atoms with E-state index < -0.39 is 10.0 Å². The maximum Gasteiger partial charge on any atom is 0.243 e. The van der Waals surface area contributed by atoms with Crippen molar-refractivity contribution >= 4 is 39.0 Å². The van der Waals surface area contributed by atoms with Crippen molar-refractivity contribution in [3.05, 3.63) is 52.1 Å². The highest BCUT2D eigenvalue weighted by molar-refractivity contribution is 7.89. The molecule has 128 valence electrons. The van der Waals surface area contributed by atoms with Gasteiger partial charge in [-0.1, -0.05) is 29.3 Å². The van der Waals surface area contributed by atoms with Gasteiger partial charge in [0.05, 0.1) is 4.90 Å². The molecule has 8 heteroatoms. The van der Waals surface area contributed by atoms with Crippen LogP contribution < -0.4 is 4.90 Å². The van der Waals surface area contributed by atoms with Crippen molar-refractivity contribution in [2.75, 3.05) is 31.1 Å². The number of hydrogen-bond acceptors (Lipinski definition) is 4. The smallest absolute Gasteiger partial charge is 0.243 e. The Balaban J connectivity index is 1.76. The number of halogens is 2. The minimum atomic E-state index is -3.60. The molecule has 1 aromatic heterocycles. The first kappa shape index (κ1) is 17.5. The Kier molecular flexibility index (Phi) is 5.01. The zero-order valence-corrected chi connectivity index (χ0v) is 15.4. The number of hydrogen-bond donors (Lipinski definition) is 0. The number of pyridine rings is 1. The third-order valence-corrected chi connectivity index (χ3v) is 6.22. The standard InChI is InChI=1S/C16H17Cl2N3O2S/c1-12-3-2-4-16(19-12)20-5-7-21(8-6-20)24(22,23)15-10-13(17)9-14(18)11-15/h2-4,9-11H,5-8H2,1H3. The van der Waals surface area contributed by atoms with Crippen LogP contribution >= 0.6 is 23.2 Å². The van der Waals surface area contributed by atoms with Crippen LogP contribution in [0, 0.1) is 6.92 Å². The van der Waals surface area contributed by atoms with Gasteiger partial charge in [0.1, 0.15) is 5.82 Å². The van der Waals surface area contributed by atoms with Crippen molar-refractivity contribution in [2.45, 2.75) is 11.8 Å². The average Bonchev–Trinajstić information content (AvgIpc) is 2.54. The van der Waals surface area contributed by atoms with E-state index >= 15 is 0 Å². The molecule has 5 nitrogen and oxygen atoms in total. The van der Waals surface area contributed by atoms with Crippen LogP contribution in [0.1, 0.15) is 5.69 Å². The minimum Gasteiger partial charge on any atom is -0.354 e. The molecule has 2 heterocycles. The Bertz CT molecular complexity index is 830. The lowest BCUT2D eigenvalue weighted by Gasteiger charge is -2.34. The lowest BCUT2D eigenvalue weighted by Crippen LogP contribution is -2.48. The average molecular weight is 386 g/mol. The summed E-state index contributed by atoms with van der Waals surface area (Å²) in [7, 11) is -3.60. The molecule has 0 atom stereocenters. The van der Waals surface area contributed by atoms with Crippen LogP contribution in [0.4, 0.5) is 5.82 Å². The molecule has 3 rings (SSSR count). The van der Waals surface area contributed by atoms with Gasteiger partial charge in [-0.05, 0) is 37.3 Å². The number of aromatic nitrogens is 1. The summed E-state index contributed by atoms with van der Waals surface area (Å²) in [5.74, 6) is 0.873. The van der Waals surface area contributed by atoms with Crippen LogP contribution in [-0.4, -0.2) is 43.9 Å². The van der Waals surface area contributed by atoms with E-state index in [1.165, 1.54) is 22.5 Å². The highest BCUT2D eigenvalue weighted by Gasteiger charge is 2.29. The van der Waals surface area contributed by atoms with E-state index in [-0.39, 0.29) is 4.90 Å². The molecule has 0 bridgehead atoms. The highest BCUT2D eigenvalue weighted by atomic mass is 35.5. The maximum absolute atomic E-state index is 12.8. The first-order chi connectivity index (χ1) is 11.4. The van der Waals surface area contributed by atoms with Crippen LogP contribution in [0.5, 0.6) is 0 Å². The second-order valence-electron chi connectivity index (χ2n) is 5.63. The zero-order valence-electron chi connectivity index (χ0n) is 13.1. The van der Waals surface area contributed by atoms with E-state index in [2.05, 4.69) is 9.88 Å². The largest absolute Gasteiger partial charge is 0.354 e. The number of rotatable bonds is 3. The molecule has 1 aliphatic rings. The fraction of sp³-hybridized carbons (Fsp3) is 0.312. The lowest BCUT2D eigenvalue weighted by atomic mass is 10.3. The van der Waals surface area contributed by atoms with Crippen LogP contribution in [0.3, 0.4) is 0 Å². The molecular weight excluding hydrogens is 369 g/mol. The fourth-order valence-electron chi connectivity index (χ4n) is 2.69. The summed E-state index contributed by atoms with van der Waals surface area (Å²) in [6, 6.07) is 10.2. The Morgan fingerprint density at radius 3 is 2.21 bits per heavy atom. The van der Waals surface area contributed by atoms with E-state index in [0.717, 1.165) is 11.5 Å². The van der Waals surface area contributed by atoms with Crippen molar-refractivity contribution in [3.63, 3.8) is 0 Å². The summed E-state index contributed by atoms with van der Waals surface area (Å²) in [5.41, 5.74) is 0.941. The van der Waals surface area contributed by atoms with E-state index in [0.29, 0.717) is 36.2 Å². The fourth-order valence-corrected chi connectivity index (χ4v) is 4.84. The molecule has 0 aliphatic carbocycles. The summed E-state index contributed by atoms with van der Waals surface area (Å²) in [6.45, 7) is 3.89. The molecule has 1 aliphatic heterocycles. The van der Waals surface area contributed by atoms with Gasteiger partial charge in [0.15, 0.2) is 0 Å². The summed E-state index contributed by atoms with van der Waals surface area (Å²) >= 11 is 11.9. The Morgan fingerprint density at radius 2 is 1.62 bits per heavy atom.